The van der Waals surface area contributed by atoms with Crippen LogP contribution in [0.25, 0.3) is 11.1 Å². The van der Waals surface area contributed by atoms with E-state index in [-0.39, 0.29) is 17.7 Å². The van der Waals surface area contributed by atoms with E-state index in [1.54, 1.807) is 6.07 Å². The van der Waals surface area contributed by atoms with E-state index in [0.717, 1.165) is 5.56 Å². The van der Waals surface area contributed by atoms with Gasteiger partial charge in [-0.05, 0) is 23.1 Å². The maximum atomic E-state index is 14.5. The lowest BCUT2D eigenvalue weighted by Crippen LogP contribution is -2.19. The largest absolute Gasteiger partial charge is 0.465 e. The first-order chi connectivity index (χ1) is 11.0. The van der Waals surface area contributed by atoms with E-state index in [9.17, 15) is 9.18 Å². The Kier molecular flexibility index (Phi) is 6.57. The summed E-state index contributed by atoms with van der Waals surface area (Å²) in [4.78, 5) is 12.2. The summed E-state index contributed by atoms with van der Waals surface area (Å²) in [6.07, 6.45) is 0. The third kappa shape index (κ3) is 4.77. The van der Waals surface area contributed by atoms with Crippen LogP contribution in [-0.4, -0.2) is 17.0 Å². The quantitative estimate of drug-likeness (QED) is 0.360. The van der Waals surface area contributed by atoms with Crippen LogP contribution in [0.5, 0.6) is 0 Å². The number of esters is 1. The van der Waals surface area contributed by atoms with Crippen molar-refractivity contribution >= 4 is 28.6 Å². The molecule has 4 heteroatoms. The Morgan fingerprint density at radius 2 is 1.87 bits per heavy atom. The molecular weight excluding hydrogens is 406 g/mol. The monoisotopic (exact) mass is 426 g/mol. The highest BCUT2D eigenvalue weighted by atomic mass is 127. The Hall–Kier alpha value is -1.43. The number of alkyl halides is 1. The molecule has 0 spiro atoms. The standard InChI is InChI=1S/C19H20FIO2/c1-13(2)12-23-19(22)17(11-21)15-8-9-16(18(20)10-15)14-6-4-3-5-7-14/h3-10,13,17H,11-12H2,1-2H3. The number of halogens is 2. The van der Waals surface area contributed by atoms with Gasteiger partial charge in [0.15, 0.2) is 0 Å². The van der Waals surface area contributed by atoms with Crippen LogP contribution in [0.4, 0.5) is 4.39 Å². The van der Waals surface area contributed by atoms with Gasteiger partial charge in [0.25, 0.3) is 0 Å². The Balaban J connectivity index is 2.22. The van der Waals surface area contributed by atoms with E-state index in [0.29, 0.717) is 22.2 Å². The fraction of sp³-hybridized carbons (Fsp3) is 0.316. The van der Waals surface area contributed by atoms with Crippen LogP contribution in [0.2, 0.25) is 0 Å². The van der Waals surface area contributed by atoms with Gasteiger partial charge in [0, 0.05) is 9.99 Å². The zero-order chi connectivity index (χ0) is 16.8. The summed E-state index contributed by atoms with van der Waals surface area (Å²) in [6, 6.07) is 14.4. The van der Waals surface area contributed by atoms with Crippen molar-refractivity contribution in [3.05, 3.63) is 59.9 Å². The second kappa shape index (κ2) is 8.43. The van der Waals surface area contributed by atoms with Gasteiger partial charge in [-0.1, -0.05) is 78.9 Å². The summed E-state index contributed by atoms with van der Waals surface area (Å²) in [5, 5.41) is 0. The molecule has 0 fully saturated rings. The van der Waals surface area contributed by atoms with Gasteiger partial charge < -0.3 is 4.74 Å². The Morgan fingerprint density at radius 1 is 1.17 bits per heavy atom. The van der Waals surface area contributed by atoms with Crippen molar-refractivity contribution < 1.29 is 13.9 Å². The number of carbonyl (C=O) groups is 1. The van der Waals surface area contributed by atoms with Crippen molar-refractivity contribution in [1.82, 2.24) is 0 Å². The molecule has 0 saturated carbocycles. The second-order valence-corrected chi connectivity index (χ2v) is 6.72. The van der Waals surface area contributed by atoms with E-state index in [4.69, 9.17) is 4.74 Å². The third-order valence-corrected chi connectivity index (χ3v) is 4.36. The van der Waals surface area contributed by atoms with Gasteiger partial charge in [-0.2, -0.15) is 0 Å². The minimum atomic E-state index is -0.436. The molecule has 2 aromatic carbocycles. The Bertz CT molecular complexity index is 656. The van der Waals surface area contributed by atoms with Crippen LogP contribution in [-0.2, 0) is 9.53 Å². The number of hydrogen-bond acceptors (Lipinski definition) is 2. The highest BCUT2D eigenvalue weighted by Crippen LogP contribution is 2.28. The first kappa shape index (κ1) is 17.9. The van der Waals surface area contributed by atoms with Crippen molar-refractivity contribution in [2.75, 3.05) is 11.0 Å². The summed E-state index contributed by atoms with van der Waals surface area (Å²) >= 11 is 2.13. The van der Waals surface area contributed by atoms with Crippen LogP contribution in [0, 0.1) is 11.7 Å². The van der Waals surface area contributed by atoms with E-state index in [1.165, 1.54) is 6.07 Å². The Labute approximate surface area is 150 Å². The second-order valence-electron chi connectivity index (χ2n) is 5.84. The molecule has 0 bridgehead atoms. The van der Waals surface area contributed by atoms with Gasteiger partial charge in [0.1, 0.15) is 5.82 Å². The van der Waals surface area contributed by atoms with E-state index in [1.807, 2.05) is 50.2 Å². The summed E-state index contributed by atoms with van der Waals surface area (Å²) in [5.41, 5.74) is 2.02. The van der Waals surface area contributed by atoms with Crippen molar-refractivity contribution in [3.8, 4) is 11.1 Å². The zero-order valence-electron chi connectivity index (χ0n) is 13.3. The summed E-state index contributed by atoms with van der Waals surface area (Å²) < 4.78 is 20.3. The molecule has 1 unspecified atom stereocenters. The van der Waals surface area contributed by atoms with Crippen LogP contribution < -0.4 is 0 Å². The number of ether oxygens (including phenoxy) is 1. The van der Waals surface area contributed by atoms with Crippen molar-refractivity contribution in [1.29, 1.82) is 0 Å². The van der Waals surface area contributed by atoms with Gasteiger partial charge in [0.2, 0.25) is 0 Å². The van der Waals surface area contributed by atoms with Gasteiger partial charge in [-0.25, -0.2) is 4.39 Å². The van der Waals surface area contributed by atoms with E-state index < -0.39 is 5.92 Å². The molecule has 2 aromatic rings. The zero-order valence-corrected chi connectivity index (χ0v) is 15.4. The molecule has 23 heavy (non-hydrogen) atoms. The highest BCUT2D eigenvalue weighted by molar-refractivity contribution is 14.1. The third-order valence-electron chi connectivity index (χ3n) is 3.48. The number of rotatable bonds is 6. The average Bonchev–Trinajstić information content (AvgIpc) is 2.54. The summed E-state index contributed by atoms with van der Waals surface area (Å²) in [7, 11) is 0. The first-order valence-electron chi connectivity index (χ1n) is 7.60. The number of benzene rings is 2. The van der Waals surface area contributed by atoms with Crippen LogP contribution >= 0.6 is 22.6 Å². The minimum absolute atomic E-state index is 0.283. The molecule has 122 valence electrons. The van der Waals surface area contributed by atoms with Crippen molar-refractivity contribution in [3.63, 3.8) is 0 Å². The molecule has 0 aliphatic heterocycles. The molecule has 2 rings (SSSR count). The van der Waals surface area contributed by atoms with Crippen molar-refractivity contribution in [2.45, 2.75) is 19.8 Å². The predicted molar refractivity (Wildman–Crippen MR) is 99.3 cm³/mol. The molecule has 2 nitrogen and oxygen atoms in total. The van der Waals surface area contributed by atoms with Gasteiger partial charge in [-0.3, -0.25) is 4.79 Å². The molecule has 0 N–H and O–H groups in total. The summed E-state index contributed by atoms with van der Waals surface area (Å²) in [5.74, 6) is -0.764. The van der Waals surface area contributed by atoms with Gasteiger partial charge in [0.05, 0.1) is 12.5 Å². The molecule has 0 aliphatic carbocycles. The maximum absolute atomic E-state index is 14.5. The fourth-order valence-corrected chi connectivity index (χ4v) is 3.11. The smallest absolute Gasteiger partial charge is 0.314 e. The van der Waals surface area contributed by atoms with Gasteiger partial charge in [-0.15, -0.1) is 0 Å². The molecule has 0 amide bonds. The van der Waals surface area contributed by atoms with Crippen molar-refractivity contribution in [2.24, 2.45) is 5.92 Å². The molecule has 0 saturated heterocycles. The van der Waals surface area contributed by atoms with E-state index >= 15 is 0 Å². The normalized spacial score (nSPS) is 12.2. The Morgan fingerprint density at radius 3 is 2.43 bits per heavy atom. The molecule has 1 atom stereocenters. The SMILES string of the molecule is CC(C)COC(=O)C(CI)c1ccc(-c2ccccc2)c(F)c1. The van der Waals surface area contributed by atoms with Crippen LogP contribution in [0.1, 0.15) is 25.3 Å². The molecule has 0 radical (unpaired) electrons. The van der Waals surface area contributed by atoms with E-state index in [2.05, 4.69) is 22.6 Å². The molecule has 0 aromatic heterocycles. The number of hydrogen-bond donors (Lipinski definition) is 0. The lowest BCUT2D eigenvalue weighted by molar-refractivity contribution is -0.145. The first-order valence-corrected chi connectivity index (χ1v) is 9.13. The maximum Gasteiger partial charge on any atom is 0.314 e. The topological polar surface area (TPSA) is 26.3 Å². The predicted octanol–water partition coefficient (Wildman–Crippen LogP) is 5.21. The van der Waals surface area contributed by atoms with Gasteiger partial charge >= 0.3 is 5.97 Å². The number of carbonyl (C=O) groups excluding carboxylic acids is 1. The molecule has 0 aliphatic rings. The average molecular weight is 426 g/mol. The molecule has 0 heterocycles. The van der Waals surface area contributed by atoms with Crippen LogP contribution in [0.15, 0.2) is 48.5 Å². The van der Waals surface area contributed by atoms with Crippen LogP contribution in [0.3, 0.4) is 0 Å². The summed E-state index contributed by atoms with van der Waals surface area (Å²) in [6.45, 7) is 4.36. The lowest BCUT2D eigenvalue weighted by Gasteiger charge is -2.16. The minimum Gasteiger partial charge on any atom is -0.465 e. The lowest BCUT2D eigenvalue weighted by atomic mass is 9.97. The molecular formula is C19H20FIO2. The highest BCUT2D eigenvalue weighted by Gasteiger charge is 2.22. The fourth-order valence-electron chi connectivity index (χ4n) is 2.24.